The van der Waals surface area contributed by atoms with Crippen LogP contribution in [0, 0.1) is 11.8 Å². The fourth-order valence-electron chi connectivity index (χ4n) is 2.85. The summed E-state index contributed by atoms with van der Waals surface area (Å²) in [7, 11) is 0. The fourth-order valence-corrected chi connectivity index (χ4v) is 2.85. The molecular formula is C8H13NO. The highest BCUT2D eigenvalue weighted by molar-refractivity contribution is 5.01. The first kappa shape index (κ1) is 5.56. The van der Waals surface area contributed by atoms with Crippen LogP contribution in [0.4, 0.5) is 0 Å². The van der Waals surface area contributed by atoms with E-state index < -0.39 is 0 Å². The van der Waals surface area contributed by atoms with E-state index in [1.54, 1.807) is 0 Å². The third-order valence-electron chi connectivity index (χ3n) is 3.35. The van der Waals surface area contributed by atoms with E-state index in [1.807, 2.05) is 0 Å². The van der Waals surface area contributed by atoms with E-state index in [0.29, 0.717) is 12.2 Å². The average molecular weight is 139 g/mol. The highest BCUT2D eigenvalue weighted by atomic mass is 16.5. The zero-order valence-electron chi connectivity index (χ0n) is 6.05. The molecule has 3 rings (SSSR count). The Kier molecular flexibility index (Phi) is 0.968. The van der Waals surface area contributed by atoms with Crippen molar-refractivity contribution in [2.45, 2.75) is 25.0 Å². The van der Waals surface area contributed by atoms with E-state index in [1.165, 1.54) is 25.9 Å². The third-order valence-corrected chi connectivity index (χ3v) is 3.35. The lowest BCUT2D eigenvalue weighted by atomic mass is 9.82. The molecule has 2 nitrogen and oxygen atoms in total. The first-order valence-corrected chi connectivity index (χ1v) is 4.31. The van der Waals surface area contributed by atoms with Gasteiger partial charge in [0, 0.05) is 24.9 Å². The Bertz CT molecular complexity index is 143. The van der Waals surface area contributed by atoms with Gasteiger partial charge in [-0.15, -0.1) is 0 Å². The minimum Gasteiger partial charge on any atom is -0.374 e. The van der Waals surface area contributed by atoms with Gasteiger partial charge in [-0.1, -0.05) is 0 Å². The second-order valence-corrected chi connectivity index (χ2v) is 3.78. The van der Waals surface area contributed by atoms with Gasteiger partial charge in [0.2, 0.25) is 0 Å². The number of hydrogen-bond acceptors (Lipinski definition) is 2. The minimum absolute atomic E-state index is 0.630. The average Bonchev–Trinajstić information content (AvgIpc) is 2.60. The van der Waals surface area contributed by atoms with Crippen LogP contribution >= 0.6 is 0 Å². The molecule has 0 amide bonds. The standard InChI is InChI=1S/C8H13NO/c1-2-8-6-4-9-3-5(6)7(1)10-8/h5-9H,1-4H2/t5-,6+,7-,8-/m0/s1. The highest BCUT2D eigenvalue weighted by Crippen LogP contribution is 2.44. The van der Waals surface area contributed by atoms with Crippen molar-refractivity contribution >= 4 is 0 Å². The molecule has 3 aliphatic rings. The molecule has 0 spiro atoms. The molecule has 0 aromatic heterocycles. The Morgan fingerprint density at radius 1 is 1.00 bits per heavy atom. The summed E-state index contributed by atoms with van der Waals surface area (Å²) >= 11 is 0. The number of hydrogen-bond donors (Lipinski definition) is 1. The molecule has 3 aliphatic heterocycles. The van der Waals surface area contributed by atoms with E-state index in [2.05, 4.69) is 5.32 Å². The van der Waals surface area contributed by atoms with Crippen molar-refractivity contribution in [1.82, 2.24) is 5.32 Å². The van der Waals surface area contributed by atoms with E-state index in [-0.39, 0.29) is 0 Å². The Labute approximate surface area is 60.9 Å². The van der Waals surface area contributed by atoms with Crippen LogP contribution in [0.25, 0.3) is 0 Å². The molecule has 4 atom stereocenters. The molecule has 56 valence electrons. The lowest BCUT2D eigenvalue weighted by molar-refractivity contribution is 0.0832. The van der Waals surface area contributed by atoms with Gasteiger partial charge < -0.3 is 10.1 Å². The maximum absolute atomic E-state index is 5.80. The zero-order valence-corrected chi connectivity index (χ0v) is 6.05. The molecule has 2 bridgehead atoms. The molecule has 0 saturated carbocycles. The minimum atomic E-state index is 0.630. The molecule has 0 radical (unpaired) electrons. The summed E-state index contributed by atoms with van der Waals surface area (Å²) in [5.41, 5.74) is 0. The van der Waals surface area contributed by atoms with Gasteiger partial charge >= 0.3 is 0 Å². The predicted octanol–water partition coefficient (Wildman–Crippen LogP) is 0.383. The number of nitrogens with one attached hydrogen (secondary N) is 1. The van der Waals surface area contributed by atoms with Crippen molar-refractivity contribution in [2.75, 3.05) is 13.1 Å². The van der Waals surface area contributed by atoms with Gasteiger partial charge in [0.25, 0.3) is 0 Å². The van der Waals surface area contributed by atoms with Crippen molar-refractivity contribution in [3.8, 4) is 0 Å². The van der Waals surface area contributed by atoms with Gasteiger partial charge in [0.1, 0.15) is 0 Å². The maximum Gasteiger partial charge on any atom is 0.0624 e. The van der Waals surface area contributed by atoms with Gasteiger partial charge in [-0.3, -0.25) is 0 Å². The van der Waals surface area contributed by atoms with Gasteiger partial charge in [-0.2, -0.15) is 0 Å². The monoisotopic (exact) mass is 139 g/mol. The summed E-state index contributed by atoms with van der Waals surface area (Å²) in [6.07, 6.45) is 3.91. The molecule has 0 aromatic carbocycles. The first-order chi connectivity index (χ1) is 4.95. The fraction of sp³-hybridized carbons (Fsp3) is 1.00. The van der Waals surface area contributed by atoms with Crippen LogP contribution in [0.3, 0.4) is 0 Å². The van der Waals surface area contributed by atoms with E-state index >= 15 is 0 Å². The van der Waals surface area contributed by atoms with E-state index in [4.69, 9.17) is 4.74 Å². The van der Waals surface area contributed by atoms with Crippen molar-refractivity contribution < 1.29 is 4.74 Å². The molecule has 3 saturated heterocycles. The van der Waals surface area contributed by atoms with Crippen LogP contribution in [0.5, 0.6) is 0 Å². The molecule has 0 aromatic rings. The van der Waals surface area contributed by atoms with E-state index in [0.717, 1.165) is 11.8 Å². The van der Waals surface area contributed by atoms with Crippen LogP contribution < -0.4 is 5.32 Å². The molecule has 0 unspecified atom stereocenters. The smallest absolute Gasteiger partial charge is 0.0624 e. The van der Waals surface area contributed by atoms with Crippen LogP contribution in [0.1, 0.15) is 12.8 Å². The summed E-state index contributed by atoms with van der Waals surface area (Å²) in [6, 6.07) is 0. The summed E-state index contributed by atoms with van der Waals surface area (Å²) in [5, 5.41) is 3.45. The lowest BCUT2D eigenvalue weighted by Gasteiger charge is -2.18. The Morgan fingerprint density at radius 3 is 2.20 bits per heavy atom. The van der Waals surface area contributed by atoms with Crippen LogP contribution in [-0.2, 0) is 4.74 Å². The summed E-state index contributed by atoms with van der Waals surface area (Å²) < 4.78 is 5.80. The second-order valence-electron chi connectivity index (χ2n) is 3.78. The van der Waals surface area contributed by atoms with Gasteiger partial charge in [-0.25, -0.2) is 0 Å². The van der Waals surface area contributed by atoms with Crippen molar-refractivity contribution in [3.05, 3.63) is 0 Å². The molecule has 3 fully saturated rings. The number of ether oxygens (including phenoxy) is 1. The number of rotatable bonds is 0. The predicted molar refractivity (Wildman–Crippen MR) is 37.7 cm³/mol. The third kappa shape index (κ3) is 0.523. The van der Waals surface area contributed by atoms with Crippen LogP contribution in [-0.4, -0.2) is 25.3 Å². The number of fused-ring (bicyclic) bond motifs is 5. The summed E-state index contributed by atoms with van der Waals surface area (Å²) in [6.45, 7) is 2.43. The molecule has 10 heavy (non-hydrogen) atoms. The summed E-state index contributed by atoms with van der Waals surface area (Å²) in [4.78, 5) is 0. The zero-order chi connectivity index (χ0) is 6.55. The van der Waals surface area contributed by atoms with Crippen LogP contribution in [0.15, 0.2) is 0 Å². The Morgan fingerprint density at radius 2 is 1.60 bits per heavy atom. The second kappa shape index (κ2) is 1.74. The van der Waals surface area contributed by atoms with Crippen molar-refractivity contribution in [3.63, 3.8) is 0 Å². The van der Waals surface area contributed by atoms with Crippen LogP contribution in [0.2, 0.25) is 0 Å². The van der Waals surface area contributed by atoms with Gasteiger partial charge in [-0.05, 0) is 12.8 Å². The quantitative estimate of drug-likeness (QED) is 0.524. The maximum atomic E-state index is 5.80. The summed E-state index contributed by atoms with van der Waals surface area (Å²) in [5.74, 6) is 1.75. The Hall–Kier alpha value is -0.0800. The van der Waals surface area contributed by atoms with Gasteiger partial charge in [0.05, 0.1) is 12.2 Å². The molecule has 0 aliphatic carbocycles. The normalized spacial score (nSPS) is 57.6. The lowest BCUT2D eigenvalue weighted by Crippen LogP contribution is -2.24. The molecular weight excluding hydrogens is 126 g/mol. The SMILES string of the molecule is C1NC[C@H]2[C@@H]1[C@@H]1CC[C@@H]2O1. The molecule has 2 heteroatoms. The van der Waals surface area contributed by atoms with E-state index in [9.17, 15) is 0 Å². The van der Waals surface area contributed by atoms with Crippen molar-refractivity contribution in [2.24, 2.45) is 11.8 Å². The van der Waals surface area contributed by atoms with Gasteiger partial charge in [0.15, 0.2) is 0 Å². The molecule has 3 heterocycles. The molecule has 1 N–H and O–H groups in total. The Balaban J connectivity index is 1.92. The van der Waals surface area contributed by atoms with Crippen molar-refractivity contribution in [1.29, 1.82) is 0 Å². The first-order valence-electron chi connectivity index (χ1n) is 4.31. The topological polar surface area (TPSA) is 21.3 Å². The largest absolute Gasteiger partial charge is 0.374 e. The highest BCUT2D eigenvalue weighted by Gasteiger charge is 2.50.